The zero-order valence-electron chi connectivity index (χ0n) is 13.7. The highest BCUT2D eigenvalue weighted by Gasteiger charge is 2.44. The van der Waals surface area contributed by atoms with Gasteiger partial charge in [0.05, 0.1) is 21.4 Å². The van der Waals surface area contributed by atoms with Crippen LogP contribution in [0.2, 0.25) is 5.02 Å². The Bertz CT molecular complexity index is 828. The number of sulfonamides is 1. The molecule has 1 aliphatic heterocycles. The second-order valence-electron chi connectivity index (χ2n) is 6.23. The molecule has 0 bridgehead atoms. The van der Waals surface area contributed by atoms with Crippen molar-refractivity contribution in [1.82, 2.24) is 9.21 Å². The number of carbonyl (C=O) groups is 1. The maximum Gasteiger partial charge on any atom is 0.417 e. The highest BCUT2D eigenvalue weighted by Crippen LogP contribution is 2.38. The zero-order valence-corrected chi connectivity index (χ0v) is 16.1. The highest BCUT2D eigenvalue weighted by atomic mass is 35.5. The van der Waals surface area contributed by atoms with E-state index >= 15 is 0 Å². The van der Waals surface area contributed by atoms with Gasteiger partial charge in [0.15, 0.2) is 0 Å². The van der Waals surface area contributed by atoms with Crippen molar-refractivity contribution in [3.8, 4) is 0 Å². The molecule has 11 heteroatoms. The van der Waals surface area contributed by atoms with Crippen LogP contribution in [0.4, 0.5) is 13.2 Å². The molecule has 3 rings (SSSR count). The number of hydrogen-bond donors (Lipinski definition) is 0. The van der Waals surface area contributed by atoms with E-state index in [0.717, 1.165) is 29.3 Å². The summed E-state index contributed by atoms with van der Waals surface area (Å²) in [4.78, 5) is 13.6. The summed E-state index contributed by atoms with van der Waals surface area (Å²) in [5.41, 5.74) is -1.22. The molecule has 1 aromatic rings. The molecule has 2 fully saturated rings. The van der Waals surface area contributed by atoms with Gasteiger partial charge in [0, 0.05) is 18.8 Å². The number of benzene rings is 1. The van der Waals surface area contributed by atoms with Crippen molar-refractivity contribution in [2.75, 3.05) is 18.7 Å². The molecule has 1 saturated carbocycles. The second kappa shape index (κ2) is 6.88. The zero-order chi connectivity index (χ0) is 19.3. The fourth-order valence-electron chi connectivity index (χ4n) is 2.75. The smallest absolute Gasteiger partial charge is 0.341 e. The van der Waals surface area contributed by atoms with E-state index in [0.29, 0.717) is 6.07 Å². The van der Waals surface area contributed by atoms with Crippen LogP contribution in [0.25, 0.3) is 0 Å². The van der Waals surface area contributed by atoms with Crippen LogP contribution >= 0.6 is 23.4 Å². The average molecular weight is 429 g/mol. The number of carbonyl (C=O) groups excluding carboxylic acids is 1. The summed E-state index contributed by atoms with van der Waals surface area (Å²) in [7, 11) is -2.64. The summed E-state index contributed by atoms with van der Waals surface area (Å²) in [5, 5.41) is -0.576. The van der Waals surface area contributed by atoms with Crippen molar-refractivity contribution < 1.29 is 26.4 Å². The number of nitrogens with zero attached hydrogens (tertiary/aromatic N) is 2. The van der Waals surface area contributed by atoms with Crippen LogP contribution in [0.1, 0.15) is 18.4 Å². The van der Waals surface area contributed by atoms with Gasteiger partial charge in [0.25, 0.3) is 0 Å². The molecule has 1 heterocycles. The molecule has 1 aromatic carbocycles. The second-order valence-corrected chi connectivity index (χ2v) is 9.53. The molecule has 144 valence electrons. The minimum atomic E-state index is -4.77. The molecule has 0 N–H and O–H groups in total. The molecule has 1 amide bonds. The Kier molecular flexibility index (Phi) is 5.24. The molecular weight excluding hydrogens is 413 g/mol. The van der Waals surface area contributed by atoms with Gasteiger partial charge in [0.1, 0.15) is 6.04 Å². The van der Waals surface area contributed by atoms with E-state index in [2.05, 4.69) is 0 Å². The molecule has 5 nitrogen and oxygen atoms in total. The first-order valence-electron chi connectivity index (χ1n) is 7.76. The van der Waals surface area contributed by atoms with Crippen LogP contribution in [0, 0.1) is 0 Å². The fraction of sp³-hybridized carbons (Fsp3) is 0.533. The van der Waals surface area contributed by atoms with E-state index in [1.807, 2.05) is 0 Å². The third-order valence-electron chi connectivity index (χ3n) is 4.42. The molecular formula is C15H16ClF3N2O3S2. The summed E-state index contributed by atoms with van der Waals surface area (Å²) in [6, 6.07) is 1.66. The lowest BCUT2D eigenvalue weighted by atomic mass is 10.2. The third kappa shape index (κ3) is 3.69. The molecule has 0 spiro atoms. The summed E-state index contributed by atoms with van der Waals surface area (Å²) in [6.45, 7) is 0. The van der Waals surface area contributed by atoms with Crippen molar-refractivity contribution in [2.45, 2.75) is 36.0 Å². The van der Waals surface area contributed by atoms with E-state index in [9.17, 15) is 26.4 Å². The molecule has 1 aliphatic carbocycles. The predicted molar refractivity (Wildman–Crippen MR) is 92.4 cm³/mol. The number of halogens is 4. The molecule has 1 saturated heterocycles. The van der Waals surface area contributed by atoms with Gasteiger partial charge in [0.2, 0.25) is 15.9 Å². The van der Waals surface area contributed by atoms with Crippen molar-refractivity contribution in [3.63, 3.8) is 0 Å². The Morgan fingerprint density at radius 1 is 1.35 bits per heavy atom. The van der Waals surface area contributed by atoms with Crippen LogP contribution in [-0.2, 0) is 21.0 Å². The van der Waals surface area contributed by atoms with Crippen LogP contribution in [0.3, 0.4) is 0 Å². The Hall–Kier alpha value is -0.970. The minimum Gasteiger partial charge on any atom is -0.341 e. The average Bonchev–Trinajstić information content (AvgIpc) is 3.28. The maximum atomic E-state index is 13.0. The lowest BCUT2D eigenvalue weighted by Gasteiger charge is -2.27. The number of amides is 1. The Balaban J connectivity index is 1.93. The SMILES string of the molecule is CN(C(=O)C1CSCN1S(=O)(=O)c1ccc(Cl)c(C(F)(F)F)c1)C1CC1. The van der Waals surface area contributed by atoms with Crippen molar-refractivity contribution in [3.05, 3.63) is 28.8 Å². The van der Waals surface area contributed by atoms with Crippen molar-refractivity contribution in [2.24, 2.45) is 0 Å². The normalized spacial score (nSPS) is 21.8. The monoisotopic (exact) mass is 428 g/mol. The van der Waals surface area contributed by atoms with Crippen LogP contribution in [0.5, 0.6) is 0 Å². The quantitative estimate of drug-likeness (QED) is 0.739. The van der Waals surface area contributed by atoms with Gasteiger partial charge < -0.3 is 4.90 Å². The van der Waals surface area contributed by atoms with Gasteiger partial charge in [-0.1, -0.05) is 11.6 Å². The molecule has 2 aliphatic rings. The lowest BCUT2D eigenvalue weighted by Crippen LogP contribution is -2.48. The van der Waals surface area contributed by atoms with E-state index in [4.69, 9.17) is 11.6 Å². The Morgan fingerprint density at radius 3 is 2.58 bits per heavy atom. The summed E-state index contributed by atoms with van der Waals surface area (Å²) < 4.78 is 65.9. The number of likely N-dealkylation sites (N-methyl/N-ethyl adjacent to an activating group) is 1. The van der Waals surface area contributed by atoms with E-state index < -0.39 is 37.7 Å². The lowest BCUT2D eigenvalue weighted by molar-refractivity contribution is -0.137. The Labute approximate surface area is 158 Å². The first-order valence-corrected chi connectivity index (χ1v) is 10.7. The summed E-state index contributed by atoms with van der Waals surface area (Å²) in [6.07, 6.45) is -3.02. The van der Waals surface area contributed by atoms with Gasteiger partial charge in [-0.15, -0.1) is 11.8 Å². The number of hydrogen-bond acceptors (Lipinski definition) is 4. The molecule has 0 radical (unpaired) electrons. The number of alkyl halides is 3. The van der Waals surface area contributed by atoms with Gasteiger partial charge in [-0.3, -0.25) is 4.79 Å². The first-order chi connectivity index (χ1) is 12.0. The summed E-state index contributed by atoms with van der Waals surface area (Å²) in [5.74, 6) is -0.0399. The fourth-order valence-corrected chi connectivity index (χ4v) is 6.14. The summed E-state index contributed by atoms with van der Waals surface area (Å²) >= 11 is 6.81. The maximum absolute atomic E-state index is 13.0. The van der Waals surface area contributed by atoms with E-state index in [-0.39, 0.29) is 23.6 Å². The molecule has 0 aromatic heterocycles. The standard InChI is InChI=1S/C15H16ClF3N2O3S2/c1-20(9-2-3-9)14(22)13-7-25-8-21(13)26(23,24)10-4-5-12(16)11(6-10)15(17,18)19/h4-6,9,13H,2-3,7-8H2,1H3. The van der Waals surface area contributed by atoms with Gasteiger partial charge >= 0.3 is 6.18 Å². The Morgan fingerprint density at radius 2 is 2.00 bits per heavy atom. The molecule has 26 heavy (non-hydrogen) atoms. The molecule has 1 atom stereocenters. The number of thioether (sulfide) groups is 1. The van der Waals surface area contributed by atoms with Crippen LogP contribution in [-0.4, -0.2) is 54.3 Å². The van der Waals surface area contributed by atoms with Gasteiger partial charge in [-0.05, 0) is 31.0 Å². The topological polar surface area (TPSA) is 57.7 Å². The number of rotatable bonds is 4. The first kappa shape index (κ1) is 19.8. The minimum absolute atomic E-state index is 0.0151. The molecule has 1 unspecified atom stereocenters. The predicted octanol–water partition coefficient (Wildman–Crippen LogP) is 3.04. The third-order valence-corrected chi connectivity index (χ3v) is 7.77. The van der Waals surface area contributed by atoms with Gasteiger partial charge in [-0.25, -0.2) is 8.42 Å². The highest BCUT2D eigenvalue weighted by molar-refractivity contribution is 8.00. The van der Waals surface area contributed by atoms with E-state index in [1.165, 1.54) is 16.7 Å². The van der Waals surface area contributed by atoms with Crippen molar-refractivity contribution >= 4 is 39.3 Å². The largest absolute Gasteiger partial charge is 0.417 e. The van der Waals surface area contributed by atoms with Crippen LogP contribution in [0.15, 0.2) is 23.1 Å². The van der Waals surface area contributed by atoms with Gasteiger partial charge in [-0.2, -0.15) is 17.5 Å². The van der Waals surface area contributed by atoms with E-state index in [1.54, 1.807) is 7.05 Å². The van der Waals surface area contributed by atoms with Crippen LogP contribution < -0.4 is 0 Å². The van der Waals surface area contributed by atoms with Crippen molar-refractivity contribution in [1.29, 1.82) is 0 Å².